The number of hydrogen-bond acceptors (Lipinski definition) is 6. The van der Waals surface area contributed by atoms with Crippen LogP contribution in [0.3, 0.4) is 0 Å². The first-order chi connectivity index (χ1) is 14.8. The standard InChI is InChI=1S/C21H21F3N6O/c1-3-30(14(2)9-26-20-27-10-16(11-28-20)21(22,23)24)19(31)17-12-25-13-29-18(17)15-7-5-4-6-8-15/h4-8,10-14H,3,9H2,1-2H3,(H,26,27,28). The second kappa shape index (κ2) is 9.50. The molecular formula is C21H21F3N6O. The number of hydrogen-bond donors (Lipinski definition) is 1. The van der Waals surface area contributed by atoms with E-state index >= 15 is 0 Å². The van der Waals surface area contributed by atoms with Gasteiger partial charge in [-0.25, -0.2) is 19.9 Å². The van der Waals surface area contributed by atoms with Gasteiger partial charge in [0.05, 0.1) is 16.8 Å². The number of carbonyl (C=O) groups excluding carboxylic acids is 1. The van der Waals surface area contributed by atoms with Crippen molar-refractivity contribution < 1.29 is 18.0 Å². The van der Waals surface area contributed by atoms with Gasteiger partial charge >= 0.3 is 6.18 Å². The molecule has 0 radical (unpaired) electrons. The van der Waals surface area contributed by atoms with Gasteiger partial charge in [-0.1, -0.05) is 30.3 Å². The van der Waals surface area contributed by atoms with Gasteiger partial charge in [0.2, 0.25) is 5.95 Å². The molecule has 0 bridgehead atoms. The van der Waals surface area contributed by atoms with E-state index in [2.05, 4.69) is 25.3 Å². The molecule has 7 nitrogen and oxygen atoms in total. The Bertz CT molecular complexity index is 1010. The van der Waals surface area contributed by atoms with E-state index in [1.54, 1.807) is 4.90 Å². The van der Waals surface area contributed by atoms with Crippen molar-refractivity contribution in [1.82, 2.24) is 24.8 Å². The third kappa shape index (κ3) is 5.33. The smallest absolute Gasteiger partial charge is 0.352 e. The molecule has 10 heteroatoms. The molecule has 0 saturated carbocycles. The van der Waals surface area contributed by atoms with Gasteiger partial charge in [0.15, 0.2) is 0 Å². The Kier molecular flexibility index (Phi) is 6.78. The summed E-state index contributed by atoms with van der Waals surface area (Å²) in [5.74, 6) is -0.194. The predicted molar refractivity (Wildman–Crippen MR) is 109 cm³/mol. The minimum atomic E-state index is -4.49. The van der Waals surface area contributed by atoms with Crippen LogP contribution in [0.5, 0.6) is 0 Å². The van der Waals surface area contributed by atoms with E-state index in [9.17, 15) is 18.0 Å². The first-order valence-electron chi connectivity index (χ1n) is 9.60. The topological polar surface area (TPSA) is 83.9 Å². The fraction of sp³-hybridized carbons (Fsp3) is 0.286. The maximum absolute atomic E-state index is 13.2. The number of aromatic nitrogens is 4. The highest BCUT2D eigenvalue weighted by molar-refractivity contribution is 5.99. The summed E-state index contributed by atoms with van der Waals surface area (Å²) in [6.07, 6.45) is -0.181. The highest BCUT2D eigenvalue weighted by Crippen LogP contribution is 2.28. The molecule has 1 unspecified atom stereocenters. The molecule has 0 saturated heterocycles. The van der Waals surface area contributed by atoms with Gasteiger partial charge in [0.1, 0.15) is 6.33 Å². The minimum absolute atomic E-state index is 0.0522. The molecule has 0 spiro atoms. The number of rotatable bonds is 7. The van der Waals surface area contributed by atoms with E-state index in [1.807, 2.05) is 44.2 Å². The van der Waals surface area contributed by atoms with Crippen LogP contribution in [-0.4, -0.2) is 49.9 Å². The van der Waals surface area contributed by atoms with Crippen molar-refractivity contribution in [1.29, 1.82) is 0 Å². The number of carbonyl (C=O) groups is 1. The molecule has 2 aromatic heterocycles. The van der Waals surface area contributed by atoms with E-state index < -0.39 is 11.7 Å². The van der Waals surface area contributed by atoms with E-state index in [0.717, 1.165) is 18.0 Å². The number of alkyl halides is 3. The maximum Gasteiger partial charge on any atom is 0.419 e. The third-order valence-electron chi connectivity index (χ3n) is 4.66. The lowest BCUT2D eigenvalue weighted by Gasteiger charge is -2.28. The predicted octanol–water partition coefficient (Wildman–Crippen LogP) is 3.92. The van der Waals surface area contributed by atoms with E-state index in [1.165, 1.54) is 12.5 Å². The molecular weight excluding hydrogens is 409 g/mol. The summed E-state index contributed by atoms with van der Waals surface area (Å²) in [7, 11) is 0. The zero-order chi connectivity index (χ0) is 22.4. The van der Waals surface area contributed by atoms with Crippen molar-refractivity contribution in [2.24, 2.45) is 0 Å². The average Bonchev–Trinajstić information content (AvgIpc) is 2.78. The zero-order valence-electron chi connectivity index (χ0n) is 17.0. The van der Waals surface area contributed by atoms with Crippen LogP contribution in [0.15, 0.2) is 55.2 Å². The third-order valence-corrected chi connectivity index (χ3v) is 4.66. The number of nitrogens with zero attached hydrogens (tertiary/aromatic N) is 5. The van der Waals surface area contributed by atoms with Crippen molar-refractivity contribution in [2.45, 2.75) is 26.1 Å². The number of likely N-dealkylation sites (N-methyl/N-ethyl adjacent to an activating group) is 1. The summed E-state index contributed by atoms with van der Waals surface area (Å²) in [6.45, 7) is 4.33. The Morgan fingerprint density at radius 1 is 1.10 bits per heavy atom. The Morgan fingerprint density at radius 2 is 1.77 bits per heavy atom. The first kappa shape index (κ1) is 22.1. The van der Waals surface area contributed by atoms with Crippen molar-refractivity contribution in [3.05, 3.63) is 66.4 Å². The molecule has 1 atom stereocenters. The number of halogens is 3. The molecule has 162 valence electrons. The average molecular weight is 430 g/mol. The van der Waals surface area contributed by atoms with Gasteiger partial charge in [-0.15, -0.1) is 0 Å². The number of anilines is 1. The molecule has 3 rings (SSSR count). The minimum Gasteiger partial charge on any atom is -0.352 e. The molecule has 1 N–H and O–H groups in total. The molecule has 1 amide bonds. The zero-order valence-corrected chi connectivity index (χ0v) is 17.0. The molecule has 0 aliphatic carbocycles. The Hall–Kier alpha value is -3.56. The Morgan fingerprint density at radius 3 is 2.39 bits per heavy atom. The second-order valence-corrected chi connectivity index (χ2v) is 6.77. The largest absolute Gasteiger partial charge is 0.419 e. The second-order valence-electron chi connectivity index (χ2n) is 6.77. The summed E-state index contributed by atoms with van der Waals surface area (Å²) >= 11 is 0. The van der Waals surface area contributed by atoms with E-state index in [4.69, 9.17) is 0 Å². The highest BCUT2D eigenvalue weighted by atomic mass is 19.4. The fourth-order valence-electron chi connectivity index (χ4n) is 3.04. The van der Waals surface area contributed by atoms with Crippen molar-refractivity contribution in [3.8, 4) is 11.3 Å². The van der Waals surface area contributed by atoms with Crippen LogP contribution in [0, 0.1) is 0 Å². The van der Waals surface area contributed by atoms with Crippen LogP contribution in [0.2, 0.25) is 0 Å². The van der Waals surface area contributed by atoms with Crippen LogP contribution in [0.25, 0.3) is 11.3 Å². The Labute approximate surface area is 177 Å². The summed E-state index contributed by atoms with van der Waals surface area (Å²) in [4.78, 5) is 30.5. The lowest BCUT2D eigenvalue weighted by molar-refractivity contribution is -0.138. The van der Waals surface area contributed by atoms with Gasteiger partial charge in [-0.05, 0) is 13.8 Å². The van der Waals surface area contributed by atoms with Crippen LogP contribution in [0.1, 0.15) is 29.8 Å². The first-order valence-corrected chi connectivity index (χ1v) is 9.60. The molecule has 0 aliphatic heterocycles. The highest BCUT2D eigenvalue weighted by Gasteiger charge is 2.31. The van der Waals surface area contributed by atoms with Gasteiger partial charge in [-0.2, -0.15) is 13.2 Å². The van der Waals surface area contributed by atoms with Crippen molar-refractivity contribution in [3.63, 3.8) is 0 Å². The lowest BCUT2D eigenvalue weighted by atomic mass is 10.1. The lowest BCUT2D eigenvalue weighted by Crippen LogP contribution is -2.42. The van der Waals surface area contributed by atoms with Gasteiger partial charge < -0.3 is 10.2 Å². The van der Waals surface area contributed by atoms with Gasteiger partial charge in [-0.3, -0.25) is 4.79 Å². The van der Waals surface area contributed by atoms with Gasteiger partial charge in [0.25, 0.3) is 5.91 Å². The summed E-state index contributed by atoms with van der Waals surface area (Å²) < 4.78 is 37.9. The SMILES string of the molecule is CCN(C(=O)c1cncnc1-c1ccccc1)C(C)CNc1ncc(C(F)(F)F)cn1. The van der Waals surface area contributed by atoms with Crippen molar-refractivity contribution >= 4 is 11.9 Å². The Balaban J connectivity index is 1.73. The monoisotopic (exact) mass is 430 g/mol. The maximum atomic E-state index is 13.2. The number of nitrogens with one attached hydrogen (secondary N) is 1. The van der Waals surface area contributed by atoms with Gasteiger partial charge in [0, 0.05) is 43.3 Å². The molecule has 3 aromatic rings. The molecule has 0 aliphatic rings. The normalized spacial score (nSPS) is 12.3. The van der Waals surface area contributed by atoms with Crippen LogP contribution in [-0.2, 0) is 6.18 Å². The summed E-state index contributed by atoms with van der Waals surface area (Å²) in [5, 5.41) is 2.88. The number of amides is 1. The quantitative estimate of drug-likeness (QED) is 0.612. The van der Waals surface area contributed by atoms with Crippen LogP contribution < -0.4 is 5.32 Å². The molecule has 1 aromatic carbocycles. The van der Waals surface area contributed by atoms with Crippen LogP contribution in [0.4, 0.5) is 19.1 Å². The fourth-order valence-corrected chi connectivity index (χ4v) is 3.04. The number of benzene rings is 1. The summed E-state index contributed by atoms with van der Waals surface area (Å²) in [5.41, 5.74) is 0.778. The molecule has 31 heavy (non-hydrogen) atoms. The van der Waals surface area contributed by atoms with E-state index in [0.29, 0.717) is 17.8 Å². The molecule has 0 fully saturated rings. The summed E-state index contributed by atoms with van der Waals surface area (Å²) in [6, 6.07) is 9.03. The van der Waals surface area contributed by atoms with Crippen molar-refractivity contribution in [2.75, 3.05) is 18.4 Å². The van der Waals surface area contributed by atoms with E-state index in [-0.39, 0.29) is 24.4 Å². The van der Waals surface area contributed by atoms with Crippen LogP contribution >= 0.6 is 0 Å². The molecule has 2 heterocycles.